The number of hydrogen-bond acceptors (Lipinski definition) is 4. The van der Waals surface area contributed by atoms with Crippen LogP contribution in [0.5, 0.6) is 0 Å². The van der Waals surface area contributed by atoms with E-state index in [0.717, 1.165) is 28.8 Å². The first kappa shape index (κ1) is 12.7. The lowest BCUT2D eigenvalue weighted by Gasteiger charge is -2.12. The molecule has 4 nitrogen and oxygen atoms in total. The first-order chi connectivity index (χ1) is 9.42. The summed E-state index contributed by atoms with van der Waals surface area (Å²) in [6.07, 6.45) is 2.70. The second-order valence-corrected chi connectivity index (χ2v) is 5.79. The maximum absolute atomic E-state index is 4.52. The van der Waals surface area contributed by atoms with Gasteiger partial charge in [0.2, 0.25) is 5.16 Å². The fourth-order valence-electron chi connectivity index (χ4n) is 2.31. The number of likely N-dealkylation sites (tertiary alicyclic amines) is 1. The van der Waals surface area contributed by atoms with E-state index >= 15 is 0 Å². The molecule has 0 amide bonds. The molecule has 0 atom stereocenters. The van der Waals surface area contributed by atoms with Crippen molar-refractivity contribution in [3.8, 4) is 11.4 Å². The smallest absolute Gasteiger partial charge is 0.208 e. The molecule has 0 saturated carbocycles. The minimum Gasteiger partial charge on any atom is -0.303 e. The van der Waals surface area contributed by atoms with Crippen LogP contribution in [0.25, 0.3) is 11.4 Å². The molecular weight excluding hydrogens is 256 g/mol. The van der Waals surface area contributed by atoms with Gasteiger partial charge in [-0.25, -0.2) is 4.98 Å². The summed E-state index contributed by atoms with van der Waals surface area (Å²) >= 11 is 1.73. The van der Waals surface area contributed by atoms with Crippen LogP contribution in [-0.2, 0) is 0 Å². The third-order valence-corrected chi connectivity index (χ3v) is 4.18. The number of rotatable bonds is 5. The van der Waals surface area contributed by atoms with Gasteiger partial charge in [0, 0.05) is 17.9 Å². The van der Waals surface area contributed by atoms with Crippen molar-refractivity contribution >= 4 is 11.8 Å². The van der Waals surface area contributed by atoms with Crippen molar-refractivity contribution in [2.75, 3.05) is 25.4 Å². The normalized spacial score (nSPS) is 16.0. The van der Waals surface area contributed by atoms with Gasteiger partial charge in [-0.1, -0.05) is 42.1 Å². The van der Waals surface area contributed by atoms with E-state index in [1.807, 2.05) is 30.3 Å². The van der Waals surface area contributed by atoms with Crippen LogP contribution < -0.4 is 0 Å². The van der Waals surface area contributed by atoms with Crippen molar-refractivity contribution in [2.45, 2.75) is 18.0 Å². The molecule has 0 bridgehead atoms. The Morgan fingerprint density at radius 1 is 1.16 bits per heavy atom. The SMILES string of the molecule is c1ccc(-c2nc(SCCN3CCCC3)n[nH]2)cc1. The molecule has 0 spiro atoms. The second-order valence-electron chi connectivity index (χ2n) is 4.73. The number of H-pyrrole nitrogens is 1. The lowest BCUT2D eigenvalue weighted by atomic mass is 10.2. The zero-order valence-electron chi connectivity index (χ0n) is 10.9. The molecule has 2 heterocycles. The van der Waals surface area contributed by atoms with Gasteiger partial charge in [-0.05, 0) is 25.9 Å². The van der Waals surface area contributed by atoms with Gasteiger partial charge >= 0.3 is 0 Å². The van der Waals surface area contributed by atoms with E-state index in [9.17, 15) is 0 Å². The van der Waals surface area contributed by atoms with E-state index in [-0.39, 0.29) is 0 Å². The van der Waals surface area contributed by atoms with E-state index in [2.05, 4.69) is 20.1 Å². The number of aromatic amines is 1. The number of hydrogen-bond donors (Lipinski definition) is 1. The van der Waals surface area contributed by atoms with E-state index in [1.54, 1.807) is 11.8 Å². The quantitative estimate of drug-likeness (QED) is 0.851. The van der Waals surface area contributed by atoms with E-state index in [4.69, 9.17) is 0 Å². The highest BCUT2D eigenvalue weighted by atomic mass is 32.2. The first-order valence-electron chi connectivity index (χ1n) is 6.75. The summed E-state index contributed by atoms with van der Waals surface area (Å²) in [5.74, 6) is 1.91. The predicted molar refractivity (Wildman–Crippen MR) is 78.2 cm³/mol. The van der Waals surface area contributed by atoms with Crippen LogP contribution in [0.1, 0.15) is 12.8 Å². The average molecular weight is 274 g/mol. The molecule has 19 heavy (non-hydrogen) atoms. The predicted octanol–water partition coefficient (Wildman–Crippen LogP) is 2.66. The standard InChI is InChI=1S/C14H18N4S/c1-2-6-12(7-3-1)13-15-14(17-16-13)19-11-10-18-8-4-5-9-18/h1-3,6-7H,4-5,8-11H2,(H,15,16,17). The van der Waals surface area contributed by atoms with Crippen LogP contribution >= 0.6 is 11.8 Å². The minimum atomic E-state index is 0.845. The van der Waals surface area contributed by atoms with Gasteiger partial charge in [-0.3, -0.25) is 5.10 Å². The summed E-state index contributed by atoms with van der Waals surface area (Å²) in [4.78, 5) is 7.03. The largest absolute Gasteiger partial charge is 0.303 e. The highest BCUT2D eigenvalue weighted by Crippen LogP contribution is 2.19. The molecule has 2 aromatic rings. The van der Waals surface area contributed by atoms with E-state index in [0.29, 0.717) is 0 Å². The molecule has 1 saturated heterocycles. The zero-order valence-corrected chi connectivity index (χ0v) is 11.7. The van der Waals surface area contributed by atoms with Crippen molar-refractivity contribution < 1.29 is 0 Å². The third kappa shape index (κ3) is 3.36. The number of nitrogens with one attached hydrogen (secondary N) is 1. The van der Waals surface area contributed by atoms with Crippen molar-refractivity contribution in [1.29, 1.82) is 0 Å². The maximum Gasteiger partial charge on any atom is 0.208 e. The summed E-state index contributed by atoms with van der Waals surface area (Å²) < 4.78 is 0. The summed E-state index contributed by atoms with van der Waals surface area (Å²) in [7, 11) is 0. The lowest BCUT2D eigenvalue weighted by molar-refractivity contribution is 0.362. The monoisotopic (exact) mass is 274 g/mol. The van der Waals surface area contributed by atoms with Crippen LogP contribution in [-0.4, -0.2) is 45.5 Å². The maximum atomic E-state index is 4.52. The molecule has 0 aliphatic carbocycles. The van der Waals surface area contributed by atoms with Gasteiger partial charge in [0.05, 0.1) is 0 Å². The van der Waals surface area contributed by atoms with Gasteiger partial charge in [-0.15, -0.1) is 5.10 Å². The van der Waals surface area contributed by atoms with Crippen molar-refractivity contribution in [2.24, 2.45) is 0 Å². The molecule has 0 unspecified atom stereocenters. The van der Waals surface area contributed by atoms with Gasteiger partial charge in [0.15, 0.2) is 5.82 Å². The summed E-state index contributed by atoms with van der Waals surface area (Å²) in [6.45, 7) is 3.65. The molecule has 3 rings (SSSR count). The summed E-state index contributed by atoms with van der Waals surface area (Å²) in [6, 6.07) is 10.1. The molecule has 5 heteroatoms. The number of aromatic nitrogens is 3. The molecule has 1 fully saturated rings. The Morgan fingerprint density at radius 3 is 2.74 bits per heavy atom. The average Bonchev–Trinajstić information content (AvgIpc) is 3.11. The molecule has 1 N–H and O–H groups in total. The Balaban J connectivity index is 1.53. The Hall–Kier alpha value is -1.33. The minimum absolute atomic E-state index is 0.845. The fourth-order valence-corrected chi connectivity index (χ4v) is 3.11. The Kier molecular flexibility index (Phi) is 4.15. The third-order valence-electron chi connectivity index (χ3n) is 3.35. The first-order valence-corrected chi connectivity index (χ1v) is 7.73. The number of benzene rings is 1. The van der Waals surface area contributed by atoms with Crippen LogP contribution in [0.15, 0.2) is 35.5 Å². The fraction of sp³-hybridized carbons (Fsp3) is 0.429. The van der Waals surface area contributed by atoms with Crippen LogP contribution in [0, 0.1) is 0 Å². The van der Waals surface area contributed by atoms with Crippen molar-refractivity contribution in [1.82, 2.24) is 20.1 Å². The Bertz CT molecular complexity index is 505. The molecule has 0 radical (unpaired) electrons. The Morgan fingerprint density at radius 2 is 1.95 bits per heavy atom. The topological polar surface area (TPSA) is 44.8 Å². The van der Waals surface area contributed by atoms with Crippen molar-refractivity contribution in [3.63, 3.8) is 0 Å². The highest BCUT2D eigenvalue weighted by molar-refractivity contribution is 7.99. The summed E-state index contributed by atoms with van der Waals surface area (Å²) in [5.41, 5.74) is 1.08. The van der Waals surface area contributed by atoms with Crippen LogP contribution in [0.3, 0.4) is 0 Å². The highest BCUT2D eigenvalue weighted by Gasteiger charge is 2.11. The van der Waals surface area contributed by atoms with E-state index < -0.39 is 0 Å². The molecule has 1 aromatic heterocycles. The molecule has 100 valence electrons. The van der Waals surface area contributed by atoms with E-state index in [1.165, 1.54) is 25.9 Å². The van der Waals surface area contributed by atoms with Crippen molar-refractivity contribution in [3.05, 3.63) is 30.3 Å². The summed E-state index contributed by atoms with van der Waals surface area (Å²) in [5, 5.41) is 8.12. The zero-order chi connectivity index (χ0) is 12.9. The van der Waals surface area contributed by atoms with Crippen LogP contribution in [0.2, 0.25) is 0 Å². The number of thioether (sulfide) groups is 1. The van der Waals surface area contributed by atoms with Gasteiger partial charge in [0.1, 0.15) is 0 Å². The lowest BCUT2D eigenvalue weighted by Crippen LogP contribution is -2.21. The second kappa shape index (κ2) is 6.21. The van der Waals surface area contributed by atoms with Crippen LogP contribution in [0.4, 0.5) is 0 Å². The molecule has 1 aliphatic heterocycles. The molecule has 1 aliphatic rings. The van der Waals surface area contributed by atoms with Gasteiger partial charge in [0.25, 0.3) is 0 Å². The molecule has 1 aromatic carbocycles. The van der Waals surface area contributed by atoms with Gasteiger partial charge in [-0.2, -0.15) is 0 Å². The van der Waals surface area contributed by atoms with Gasteiger partial charge < -0.3 is 4.90 Å². The molecular formula is C14H18N4S. The Labute approximate surface area is 117 Å². The number of nitrogens with zero attached hydrogens (tertiary/aromatic N) is 3.